The molecule has 1 fully saturated rings. The van der Waals surface area contributed by atoms with E-state index < -0.39 is 5.97 Å². The number of carbonyl (C=O) groups is 1. The van der Waals surface area contributed by atoms with Crippen LogP contribution in [0.25, 0.3) is 0 Å². The molecule has 162 valence electrons. The van der Waals surface area contributed by atoms with Gasteiger partial charge in [-0.1, -0.05) is 6.07 Å². The van der Waals surface area contributed by atoms with Crippen LogP contribution in [0.1, 0.15) is 17.3 Å². The molecule has 4 N–H and O–H groups in total. The van der Waals surface area contributed by atoms with Crippen LogP contribution >= 0.6 is 0 Å². The molecule has 1 aliphatic rings. The summed E-state index contributed by atoms with van der Waals surface area (Å²) < 4.78 is 10.3. The molecule has 0 bridgehead atoms. The Hall–Kier alpha value is -2.81. The molecule has 0 spiro atoms. The lowest BCUT2D eigenvalue weighted by atomic mass is 10.1. The number of ether oxygens (including phenoxy) is 2. The van der Waals surface area contributed by atoms with E-state index in [1.54, 1.807) is 25.3 Å². The minimum absolute atomic E-state index is 0.0375. The zero-order valence-corrected chi connectivity index (χ0v) is 17.5. The van der Waals surface area contributed by atoms with Gasteiger partial charge < -0.3 is 30.5 Å². The molecule has 2 aromatic rings. The van der Waals surface area contributed by atoms with Crippen LogP contribution < -0.4 is 16.0 Å². The van der Waals surface area contributed by atoms with Crippen molar-refractivity contribution < 1.29 is 19.4 Å². The molecule has 30 heavy (non-hydrogen) atoms. The van der Waals surface area contributed by atoms with Crippen LogP contribution in [0.15, 0.2) is 42.5 Å². The van der Waals surface area contributed by atoms with Crippen molar-refractivity contribution in [2.75, 3.05) is 62.5 Å². The quantitative estimate of drug-likeness (QED) is 0.447. The summed E-state index contributed by atoms with van der Waals surface area (Å²) >= 11 is 0. The Balaban J connectivity index is 1.65. The molecule has 1 aliphatic heterocycles. The molecule has 1 unspecified atom stereocenters. The van der Waals surface area contributed by atoms with Gasteiger partial charge in [0.2, 0.25) is 0 Å². The summed E-state index contributed by atoms with van der Waals surface area (Å²) in [5.41, 5.74) is 9.70. The number of piperazine rings is 1. The van der Waals surface area contributed by atoms with Gasteiger partial charge in [0, 0.05) is 44.7 Å². The molecule has 0 aromatic heterocycles. The van der Waals surface area contributed by atoms with E-state index in [1.165, 1.54) is 0 Å². The minimum Gasteiger partial charge on any atom is -0.460 e. The average Bonchev–Trinajstić information content (AvgIpc) is 2.78. The van der Waals surface area contributed by atoms with Gasteiger partial charge in [-0.25, -0.2) is 4.79 Å². The van der Waals surface area contributed by atoms with E-state index in [2.05, 4.69) is 34.2 Å². The summed E-state index contributed by atoms with van der Waals surface area (Å²) in [7, 11) is 1.74. The van der Waals surface area contributed by atoms with E-state index in [-0.39, 0.29) is 19.4 Å². The highest BCUT2D eigenvalue weighted by Crippen LogP contribution is 2.27. The number of nitrogen functional groups attached to an aromatic ring is 1. The fraction of sp³-hybridized carbons (Fsp3) is 0.409. The van der Waals surface area contributed by atoms with Gasteiger partial charge in [-0.05, 0) is 43.3 Å². The van der Waals surface area contributed by atoms with Gasteiger partial charge >= 0.3 is 5.97 Å². The highest BCUT2D eigenvalue weighted by atomic mass is 16.5. The van der Waals surface area contributed by atoms with Gasteiger partial charge in [0.05, 0.1) is 23.5 Å². The zero-order chi connectivity index (χ0) is 21.5. The number of benzene rings is 2. The molecular weight excluding hydrogens is 384 g/mol. The first-order valence-corrected chi connectivity index (χ1v) is 10.1. The number of aliphatic hydroxyl groups is 1. The second-order valence-electron chi connectivity index (χ2n) is 7.19. The molecule has 0 saturated carbocycles. The average molecular weight is 415 g/mol. The second-order valence-corrected chi connectivity index (χ2v) is 7.19. The standard InChI is InChI=1S/C22H30N4O4/c1-16(29-2)25-8-10-26(11-9-25)19-5-3-4-18(15-19)24-21-7-6-17(14-20(21)23)22(28)30-13-12-27/h3-7,14-16,24,27H,8-13,23H2,1-2H3. The van der Waals surface area contributed by atoms with E-state index in [0.29, 0.717) is 16.9 Å². The first kappa shape index (κ1) is 21.9. The van der Waals surface area contributed by atoms with Crippen molar-refractivity contribution in [1.29, 1.82) is 0 Å². The summed E-state index contributed by atoms with van der Waals surface area (Å²) in [6, 6.07) is 13.2. The number of carbonyl (C=O) groups excluding carboxylic acids is 1. The van der Waals surface area contributed by atoms with Crippen LogP contribution in [-0.2, 0) is 9.47 Å². The van der Waals surface area contributed by atoms with Crippen LogP contribution in [0, 0.1) is 0 Å². The van der Waals surface area contributed by atoms with Crippen LogP contribution in [0.2, 0.25) is 0 Å². The third-order valence-corrected chi connectivity index (χ3v) is 5.27. The largest absolute Gasteiger partial charge is 0.460 e. The van der Waals surface area contributed by atoms with Crippen molar-refractivity contribution >= 4 is 28.7 Å². The summed E-state index contributed by atoms with van der Waals surface area (Å²) in [4.78, 5) is 16.6. The van der Waals surface area contributed by atoms with Gasteiger partial charge in [0.25, 0.3) is 0 Å². The fourth-order valence-corrected chi connectivity index (χ4v) is 3.45. The Labute approximate surface area is 177 Å². The monoisotopic (exact) mass is 414 g/mol. The molecule has 8 heteroatoms. The number of esters is 1. The van der Waals surface area contributed by atoms with Gasteiger partial charge in [0.1, 0.15) is 12.8 Å². The van der Waals surface area contributed by atoms with Crippen LogP contribution in [0.5, 0.6) is 0 Å². The van der Waals surface area contributed by atoms with Crippen molar-refractivity contribution in [2.24, 2.45) is 0 Å². The lowest BCUT2D eigenvalue weighted by molar-refractivity contribution is -0.0212. The number of anilines is 4. The van der Waals surface area contributed by atoms with Crippen molar-refractivity contribution in [3.05, 3.63) is 48.0 Å². The highest BCUT2D eigenvalue weighted by Gasteiger charge is 2.21. The first-order valence-electron chi connectivity index (χ1n) is 10.1. The summed E-state index contributed by atoms with van der Waals surface area (Å²) in [6.07, 6.45) is 0.131. The molecule has 8 nitrogen and oxygen atoms in total. The van der Waals surface area contributed by atoms with Gasteiger partial charge in [-0.3, -0.25) is 4.90 Å². The molecule has 0 aliphatic carbocycles. The number of aliphatic hydroxyl groups excluding tert-OH is 1. The van der Waals surface area contributed by atoms with Gasteiger partial charge in [-0.15, -0.1) is 0 Å². The van der Waals surface area contributed by atoms with Crippen molar-refractivity contribution in [2.45, 2.75) is 13.2 Å². The topological polar surface area (TPSA) is 100 Å². The van der Waals surface area contributed by atoms with E-state index in [9.17, 15) is 4.79 Å². The van der Waals surface area contributed by atoms with E-state index in [1.807, 2.05) is 12.1 Å². The number of methoxy groups -OCH3 is 1. The lowest BCUT2D eigenvalue weighted by Crippen LogP contribution is -2.50. The number of hydrogen-bond donors (Lipinski definition) is 3. The Bertz CT molecular complexity index is 853. The van der Waals surface area contributed by atoms with Gasteiger partial charge in [0.15, 0.2) is 0 Å². The van der Waals surface area contributed by atoms with Crippen LogP contribution in [0.3, 0.4) is 0 Å². The highest BCUT2D eigenvalue weighted by molar-refractivity contribution is 5.92. The summed E-state index contributed by atoms with van der Waals surface area (Å²) in [5, 5.41) is 12.1. The predicted molar refractivity (Wildman–Crippen MR) is 118 cm³/mol. The maximum absolute atomic E-state index is 11.9. The Morgan fingerprint density at radius 3 is 2.63 bits per heavy atom. The van der Waals surface area contributed by atoms with Crippen LogP contribution in [-0.4, -0.2) is 68.7 Å². The molecule has 0 radical (unpaired) electrons. The van der Waals surface area contributed by atoms with Gasteiger partial charge in [-0.2, -0.15) is 0 Å². The minimum atomic E-state index is -0.508. The number of rotatable bonds is 8. The zero-order valence-electron chi connectivity index (χ0n) is 17.5. The third kappa shape index (κ3) is 5.41. The normalized spacial score (nSPS) is 15.6. The third-order valence-electron chi connectivity index (χ3n) is 5.27. The number of nitrogens with zero attached hydrogens (tertiary/aromatic N) is 2. The lowest BCUT2D eigenvalue weighted by Gasteiger charge is -2.38. The summed E-state index contributed by atoms with van der Waals surface area (Å²) in [6.45, 7) is 5.60. The number of nitrogens with two attached hydrogens (primary N) is 1. The van der Waals surface area contributed by atoms with Crippen molar-refractivity contribution in [3.8, 4) is 0 Å². The molecule has 1 atom stereocenters. The number of hydrogen-bond acceptors (Lipinski definition) is 8. The Morgan fingerprint density at radius 1 is 1.20 bits per heavy atom. The maximum Gasteiger partial charge on any atom is 0.338 e. The second kappa shape index (κ2) is 10.3. The predicted octanol–water partition coefficient (Wildman–Crippen LogP) is 2.28. The molecule has 3 rings (SSSR count). The van der Waals surface area contributed by atoms with E-state index >= 15 is 0 Å². The Kier molecular flexibility index (Phi) is 7.51. The smallest absolute Gasteiger partial charge is 0.338 e. The Morgan fingerprint density at radius 2 is 1.97 bits per heavy atom. The van der Waals surface area contributed by atoms with Crippen LogP contribution in [0.4, 0.5) is 22.7 Å². The summed E-state index contributed by atoms with van der Waals surface area (Å²) in [5.74, 6) is -0.508. The van der Waals surface area contributed by atoms with Crippen molar-refractivity contribution in [1.82, 2.24) is 4.90 Å². The van der Waals surface area contributed by atoms with E-state index in [4.69, 9.17) is 20.3 Å². The molecular formula is C22H30N4O4. The fourth-order valence-electron chi connectivity index (χ4n) is 3.45. The first-order chi connectivity index (χ1) is 14.5. The SMILES string of the molecule is COC(C)N1CCN(c2cccc(Nc3ccc(C(=O)OCCO)cc3N)c2)CC1. The molecule has 1 heterocycles. The van der Waals surface area contributed by atoms with Crippen molar-refractivity contribution in [3.63, 3.8) is 0 Å². The molecule has 2 aromatic carbocycles. The molecule has 1 saturated heterocycles. The number of nitrogens with one attached hydrogen (secondary N) is 1. The molecule has 0 amide bonds. The maximum atomic E-state index is 11.9. The van der Waals surface area contributed by atoms with E-state index in [0.717, 1.165) is 37.6 Å².